The van der Waals surface area contributed by atoms with Crippen LogP contribution in [0, 0.1) is 0 Å². The molecule has 1 unspecified atom stereocenters. The minimum absolute atomic E-state index is 0.00734. The van der Waals surface area contributed by atoms with Gasteiger partial charge in [-0.3, -0.25) is 0 Å². The minimum atomic E-state index is 0.00734. The Hall–Kier alpha value is -1.56. The highest BCUT2D eigenvalue weighted by molar-refractivity contribution is 6.32. The zero-order valence-corrected chi connectivity index (χ0v) is 11.9. The van der Waals surface area contributed by atoms with Crippen LogP contribution in [-0.2, 0) is 4.74 Å². The number of nitrogens with one attached hydrogen (secondary N) is 1. The quantitative estimate of drug-likeness (QED) is 0.942. The van der Waals surface area contributed by atoms with Crippen molar-refractivity contribution >= 4 is 11.6 Å². The molecule has 1 N–H and O–H groups in total. The lowest BCUT2D eigenvalue weighted by Crippen LogP contribution is -2.34. The molecule has 1 aromatic heterocycles. The monoisotopic (exact) mass is 293 g/mol. The van der Waals surface area contributed by atoms with Gasteiger partial charge in [0.25, 0.3) is 0 Å². The van der Waals surface area contributed by atoms with E-state index in [1.807, 2.05) is 29.0 Å². The van der Waals surface area contributed by atoms with Crippen LogP contribution in [0.4, 0.5) is 0 Å². The zero-order valence-electron chi connectivity index (χ0n) is 11.2. The summed E-state index contributed by atoms with van der Waals surface area (Å²) in [6.45, 7) is 2.38. The standard InChI is InChI=1S/C14H16ClN3O2/c1-19-13-6-10(2-3-11(13)15)18-9-17-7-12(18)14-8-16-4-5-20-14/h2-3,6-7,9,14,16H,4-5,8H2,1H3. The molecule has 1 aliphatic rings. The van der Waals surface area contributed by atoms with Gasteiger partial charge in [-0.25, -0.2) is 4.98 Å². The molecule has 0 saturated carbocycles. The molecule has 1 aromatic carbocycles. The normalized spacial score (nSPS) is 19.0. The van der Waals surface area contributed by atoms with Crippen LogP contribution in [0.5, 0.6) is 5.75 Å². The van der Waals surface area contributed by atoms with E-state index in [0.717, 1.165) is 24.5 Å². The molecule has 0 bridgehead atoms. The zero-order chi connectivity index (χ0) is 13.9. The first-order valence-corrected chi connectivity index (χ1v) is 6.86. The number of aromatic nitrogens is 2. The van der Waals surface area contributed by atoms with Crippen molar-refractivity contribution in [3.05, 3.63) is 41.4 Å². The van der Waals surface area contributed by atoms with Crippen LogP contribution in [0.2, 0.25) is 5.02 Å². The maximum Gasteiger partial charge on any atom is 0.139 e. The lowest BCUT2D eigenvalue weighted by Gasteiger charge is -2.24. The van der Waals surface area contributed by atoms with Gasteiger partial charge < -0.3 is 19.4 Å². The predicted molar refractivity (Wildman–Crippen MR) is 76.7 cm³/mol. The Labute approximate surface area is 122 Å². The van der Waals surface area contributed by atoms with Gasteiger partial charge in [0.2, 0.25) is 0 Å². The summed E-state index contributed by atoms with van der Waals surface area (Å²) in [5, 5.41) is 3.91. The molecule has 1 saturated heterocycles. The molecule has 1 aliphatic heterocycles. The lowest BCUT2D eigenvalue weighted by atomic mass is 10.2. The van der Waals surface area contributed by atoms with Gasteiger partial charge in [-0.15, -0.1) is 0 Å². The van der Waals surface area contributed by atoms with Crippen LogP contribution >= 0.6 is 11.6 Å². The second-order valence-electron chi connectivity index (χ2n) is 4.57. The fourth-order valence-electron chi connectivity index (χ4n) is 2.31. The third kappa shape index (κ3) is 2.52. The lowest BCUT2D eigenvalue weighted by molar-refractivity contribution is 0.0240. The summed E-state index contributed by atoms with van der Waals surface area (Å²) in [5.41, 5.74) is 1.97. The van der Waals surface area contributed by atoms with E-state index in [1.165, 1.54) is 0 Å². The molecular weight excluding hydrogens is 278 g/mol. The molecule has 5 nitrogen and oxygen atoms in total. The average Bonchev–Trinajstić information content (AvgIpc) is 2.98. The van der Waals surface area contributed by atoms with Crippen molar-refractivity contribution in [1.29, 1.82) is 0 Å². The molecule has 1 fully saturated rings. The van der Waals surface area contributed by atoms with Crippen molar-refractivity contribution in [2.24, 2.45) is 0 Å². The van der Waals surface area contributed by atoms with Gasteiger partial charge in [0.05, 0.1) is 42.6 Å². The van der Waals surface area contributed by atoms with E-state index < -0.39 is 0 Å². The molecule has 0 amide bonds. The smallest absolute Gasteiger partial charge is 0.139 e. The largest absolute Gasteiger partial charge is 0.495 e. The summed E-state index contributed by atoms with van der Waals surface area (Å²) in [6.07, 6.45) is 3.61. The molecule has 106 valence electrons. The van der Waals surface area contributed by atoms with Gasteiger partial charge in [0.15, 0.2) is 0 Å². The molecular formula is C14H16ClN3O2. The molecule has 2 aromatic rings. The van der Waals surface area contributed by atoms with Gasteiger partial charge in [0.1, 0.15) is 11.9 Å². The molecule has 20 heavy (non-hydrogen) atoms. The number of imidazole rings is 1. The fraction of sp³-hybridized carbons (Fsp3) is 0.357. The average molecular weight is 294 g/mol. The number of nitrogens with zero attached hydrogens (tertiary/aromatic N) is 2. The van der Waals surface area contributed by atoms with E-state index in [4.69, 9.17) is 21.1 Å². The van der Waals surface area contributed by atoms with E-state index in [-0.39, 0.29) is 6.10 Å². The van der Waals surface area contributed by atoms with Crippen LogP contribution in [0.15, 0.2) is 30.7 Å². The summed E-state index contributed by atoms with van der Waals surface area (Å²) in [7, 11) is 1.61. The second-order valence-corrected chi connectivity index (χ2v) is 4.98. The number of halogens is 1. The van der Waals surface area contributed by atoms with Crippen molar-refractivity contribution in [1.82, 2.24) is 14.9 Å². The summed E-state index contributed by atoms with van der Waals surface area (Å²) >= 11 is 6.06. The Morgan fingerprint density at radius 1 is 1.50 bits per heavy atom. The minimum Gasteiger partial charge on any atom is -0.495 e. The molecule has 3 rings (SSSR count). The van der Waals surface area contributed by atoms with Crippen molar-refractivity contribution in [3.8, 4) is 11.4 Å². The molecule has 2 heterocycles. The summed E-state index contributed by atoms with van der Waals surface area (Å²) in [5.74, 6) is 0.645. The highest BCUT2D eigenvalue weighted by atomic mass is 35.5. The van der Waals surface area contributed by atoms with Crippen molar-refractivity contribution in [2.45, 2.75) is 6.10 Å². The number of benzene rings is 1. The fourth-order valence-corrected chi connectivity index (χ4v) is 2.51. The first-order valence-electron chi connectivity index (χ1n) is 6.48. The number of morpholine rings is 1. The van der Waals surface area contributed by atoms with E-state index in [2.05, 4.69) is 10.3 Å². The number of methoxy groups -OCH3 is 1. The van der Waals surface area contributed by atoms with E-state index >= 15 is 0 Å². The number of ether oxygens (including phenoxy) is 2. The first-order chi connectivity index (χ1) is 9.79. The van der Waals surface area contributed by atoms with Gasteiger partial charge in [-0.2, -0.15) is 0 Å². The van der Waals surface area contributed by atoms with Crippen molar-refractivity contribution in [3.63, 3.8) is 0 Å². The van der Waals surface area contributed by atoms with Crippen molar-refractivity contribution < 1.29 is 9.47 Å². The molecule has 0 radical (unpaired) electrons. The number of rotatable bonds is 3. The summed E-state index contributed by atoms with van der Waals surface area (Å²) in [6, 6.07) is 5.65. The van der Waals surface area contributed by atoms with Gasteiger partial charge >= 0.3 is 0 Å². The maximum atomic E-state index is 6.06. The topological polar surface area (TPSA) is 48.3 Å². The van der Waals surface area contributed by atoms with Crippen LogP contribution in [-0.4, -0.2) is 36.4 Å². The van der Waals surface area contributed by atoms with Crippen molar-refractivity contribution in [2.75, 3.05) is 26.8 Å². The Bertz CT molecular complexity index is 594. The molecule has 0 spiro atoms. The Balaban J connectivity index is 1.96. The third-order valence-electron chi connectivity index (χ3n) is 3.34. The Morgan fingerprint density at radius 2 is 2.40 bits per heavy atom. The Morgan fingerprint density at radius 3 is 3.15 bits per heavy atom. The number of hydrogen-bond donors (Lipinski definition) is 1. The van der Waals surface area contributed by atoms with Crippen LogP contribution < -0.4 is 10.1 Å². The van der Waals surface area contributed by atoms with E-state index in [1.54, 1.807) is 13.4 Å². The van der Waals surface area contributed by atoms with E-state index in [9.17, 15) is 0 Å². The van der Waals surface area contributed by atoms with Gasteiger partial charge in [0, 0.05) is 19.2 Å². The van der Waals surface area contributed by atoms with Crippen LogP contribution in [0.25, 0.3) is 5.69 Å². The third-order valence-corrected chi connectivity index (χ3v) is 3.65. The SMILES string of the molecule is COc1cc(-n2cncc2C2CNCCO2)ccc1Cl. The highest BCUT2D eigenvalue weighted by Crippen LogP contribution is 2.29. The second kappa shape index (κ2) is 5.83. The molecule has 6 heteroatoms. The molecule has 0 aliphatic carbocycles. The molecule has 1 atom stereocenters. The van der Waals surface area contributed by atoms with Crippen LogP contribution in [0.1, 0.15) is 11.8 Å². The van der Waals surface area contributed by atoms with Crippen LogP contribution in [0.3, 0.4) is 0 Å². The maximum absolute atomic E-state index is 6.06. The predicted octanol–water partition coefficient (Wildman–Crippen LogP) is 2.20. The first kappa shape index (κ1) is 13.4. The number of hydrogen-bond acceptors (Lipinski definition) is 4. The van der Waals surface area contributed by atoms with E-state index in [0.29, 0.717) is 17.4 Å². The summed E-state index contributed by atoms with van der Waals surface area (Å²) in [4.78, 5) is 4.23. The summed E-state index contributed by atoms with van der Waals surface area (Å²) < 4.78 is 13.0. The Kier molecular flexibility index (Phi) is 3.91. The van der Waals surface area contributed by atoms with Gasteiger partial charge in [-0.05, 0) is 12.1 Å². The highest BCUT2D eigenvalue weighted by Gasteiger charge is 2.20. The van der Waals surface area contributed by atoms with Gasteiger partial charge in [-0.1, -0.05) is 11.6 Å².